The van der Waals surface area contributed by atoms with Crippen molar-refractivity contribution in [3.05, 3.63) is 50.4 Å². The summed E-state index contributed by atoms with van der Waals surface area (Å²) < 4.78 is 18.3. The van der Waals surface area contributed by atoms with Gasteiger partial charge in [-0.3, -0.25) is 4.79 Å². The molecule has 0 bridgehead atoms. The molecule has 2 aromatic rings. The van der Waals surface area contributed by atoms with Crippen LogP contribution in [0.4, 0.5) is 10.1 Å². The van der Waals surface area contributed by atoms with Crippen molar-refractivity contribution >= 4 is 40.5 Å². The summed E-state index contributed by atoms with van der Waals surface area (Å²) in [6.07, 6.45) is 3.07. The van der Waals surface area contributed by atoms with E-state index in [1.165, 1.54) is 23.9 Å². The van der Waals surface area contributed by atoms with Crippen LogP contribution in [0, 0.1) is 5.82 Å². The van der Waals surface area contributed by atoms with Crippen molar-refractivity contribution in [2.24, 2.45) is 0 Å². The van der Waals surface area contributed by atoms with Gasteiger partial charge in [-0.05, 0) is 56.4 Å². The zero-order valence-corrected chi connectivity index (χ0v) is 15.2. The Kier molecular flexibility index (Phi) is 5.39. The number of anilines is 1. The van der Waals surface area contributed by atoms with Crippen LogP contribution < -0.4 is 5.32 Å². The molecule has 132 valence electrons. The van der Waals surface area contributed by atoms with E-state index in [-0.39, 0.29) is 10.7 Å². The van der Waals surface area contributed by atoms with Crippen LogP contribution in [0.25, 0.3) is 0 Å². The van der Waals surface area contributed by atoms with E-state index in [4.69, 9.17) is 16.3 Å². The lowest BCUT2D eigenvalue weighted by molar-refractivity contribution is -0.123. The largest absolute Gasteiger partial charge is 0.449 e. The van der Waals surface area contributed by atoms with E-state index < -0.39 is 23.8 Å². The van der Waals surface area contributed by atoms with Crippen molar-refractivity contribution in [1.29, 1.82) is 0 Å². The smallest absolute Gasteiger partial charge is 0.340 e. The molecule has 1 atom stereocenters. The zero-order valence-electron chi connectivity index (χ0n) is 13.6. The highest BCUT2D eigenvalue weighted by atomic mass is 35.5. The number of ether oxygens (including phenoxy) is 1. The summed E-state index contributed by atoms with van der Waals surface area (Å²) in [7, 11) is 0. The fourth-order valence-electron chi connectivity index (χ4n) is 2.77. The number of aryl methyl sites for hydroxylation is 1. The minimum absolute atomic E-state index is 0.0822. The lowest BCUT2D eigenvalue weighted by Gasteiger charge is -2.16. The van der Waals surface area contributed by atoms with Gasteiger partial charge in [0.05, 0.1) is 16.3 Å². The lowest BCUT2D eigenvalue weighted by atomic mass is 9.96. The molecule has 1 N–H and O–H groups in total. The average molecular weight is 382 g/mol. The van der Waals surface area contributed by atoms with Gasteiger partial charge in [-0.15, -0.1) is 11.3 Å². The third kappa shape index (κ3) is 4.02. The van der Waals surface area contributed by atoms with E-state index in [2.05, 4.69) is 5.32 Å². The molecule has 25 heavy (non-hydrogen) atoms. The molecular formula is C18H17ClFNO3S. The second-order valence-corrected chi connectivity index (χ2v) is 7.29. The molecule has 3 rings (SSSR count). The van der Waals surface area contributed by atoms with Crippen LogP contribution in [0.15, 0.2) is 23.6 Å². The quantitative estimate of drug-likeness (QED) is 0.787. The summed E-state index contributed by atoms with van der Waals surface area (Å²) in [5, 5.41) is 4.43. The molecule has 1 amide bonds. The first kappa shape index (κ1) is 17.9. The number of amides is 1. The number of hydrogen-bond donors (Lipinski definition) is 1. The summed E-state index contributed by atoms with van der Waals surface area (Å²) in [4.78, 5) is 25.8. The Morgan fingerprint density at radius 1 is 1.32 bits per heavy atom. The van der Waals surface area contributed by atoms with Crippen molar-refractivity contribution in [2.45, 2.75) is 38.7 Å². The average Bonchev–Trinajstić information content (AvgIpc) is 3.01. The van der Waals surface area contributed by atoms with Crippen LogP contribution in [-0.4, -0.2) is 18.0 Å². The van der Waals surface area contributed by atoms with Gasteiger partial charge in [-0.2, -0.15) is 0 Å². The topological polar surface area (TPSA) is 55.4 Å². The summed E-state index contributed by atoms with van der Waals surface area (Å²) in [5.41, 5.74) is 1.87. The second-order valence-electron chi connectivity index (χ2n) is 5.92. The van der Waals surface area contributed by atoms with E-state index in [9.17, 15) is 14.0 Å². The molecule has 0 unspecified atom stereocenters. The van der Waals surface area contributed by atoms with E-state index in [0.717, 1.165) is 37.3 Å². The fourth-order valence-corrected chi connectivity index (χ4v) is 4.10. The number of rotatable bonds is 4. The molecule has 7 heteroatoms. The predicted molar refractivity (Wildman–Crippen MR) is 95.9 cm³/mol. The number of esters is 1. The molecule has 1 aromatic heterocycles. The molecule has 1 aromatic carbocycles. The van der Waals surface area contributed by atoms with Crippen LogP contribution >= 0.6 is 22.9 Å². The third-order valence-corrected chi connectivity index (χ3v) is 5.52. The highest BCUT2D eigenvalue weighted by Crippen LogP contribution is 2.31. The van der Waals surface area contributed by atoms with Gasteiger partial charge >= 0.3 is 5.97 Å². The molecule has 0 saturated carbocycles. The standard InChI is InChI=1S/C18H17ClFNO3S/c1-10(17(22)21-15-7-6-11(20)8-14(15)19)24-18(23)13-9-25-16-5-3-2-4-12(13)16/h6-10H,2-5H2,1H3,(H,21,22)/t10-/m1/s1. The Balaban J connectivity index is 1.65. The number of carbonyl (C=O) groups is 2. The third-order valence-electron chi connectivity index (χ3n) is 4.12. The van der Waals surface area contributed by atoms with E-state index in [0.29, 0.717) is 5.56 Å². The molecule has 0 spiro atoms. The van der Waals surface area contributed by atoms with Crippen molar-refractivity contribution in [2.75, 3.05) is 5.32 Å². The molecule has 4 nitrogen and oxygen atoms in total. The normalized spacial score (nSPS) is 14.5. The highest BCUT2D eigenvalue weighted by molar-refractivity contribution is 7.10. The zero-order chi connectivity index (χ0) is 18.0. The Bertz CT molecular complexity index is 821. The number of hydrogen-bond acceptors (Lipinski definition) is 4. The number of halogens is 2. The first-order valence-electron chi connectivity index (χ1n) is 8.02. The number of benzene rings is 1. The van der Waals surface area contributed by atoms with Crippen LogP contribution in [0.5, 0.6) is 0 Å². The van der Waals surface area contributed by atoms with Crippen molar-refractivity contribution in [1.82, 2.24) is 0 Å². The SMILES string of the molecule is C[C@@H](OC(=O)c1csc2c1CCCC2)C(=O)Nc1ccc(F)cc1Cl. The molecule has 0 aliphatic heterocycles. The fraction of sp³-hybridized carbons (Fsp3) is 0.333. The summed E-state index contributed by atoms with van der Waals surface area (Å²) in [6, 6.07) is 3.65. The molecule has 1 aliphatic carbocycles. The Hall–Kier alpha value is -1.92. The maximum atomic E-state index is 13.0. The number of carbonyl (C=O) groups excluding carboxylic acids is 2. The van der Waals surface area contributed by atoms with Crippen LogP contribution in [0.1, 0.15) is 40.6 Å². The molecule has 1 heterocycles. The monoisotopic (exact) mass is 381 g/mol. The van der Waals surface area contributed by atoms with E-state index >= 15 is 0 Å². The van der Waals surface area contributed by atoms with Crippen LogP contribution in [0.3, 0.4) is 0 Å². The maximum absolute atomic E-state index is 13.0. The first-order chi connectivity index (χ1) is 12.0. The van der Waals surface area contributed by atoms with Crippen molar-refractivity contribution in [3.8, 4) is 0 Å². The number of nitrogens with one attached hydrogen (secondary N) is 1. The Morgan fingerprint density at radius 3 is 2.84 bits per heavy atom. The van der Waals surface area contributed by atoms with Gasteiger partial charge in [-0.1, -0.05) is 11.6 Å². The van der Waals surface area contributed by atoms with Gasteiger partial charge in [-0.25, -0.2) is 9.18 Å². The minimum atomic E-state index is -0.993. The van der Waals surface area contributed by atoms with Crippen LogP contribution in [0.2, 0.25) is 5.02 Å². The highest BCUT2D eigenvalue weighted by Gasteiger charge is 2.25. The Labute approximate surface area is 153 Å². The predicted octanol–water partition coefficient (Wildman–Crippen LogP) is 4.60. The van der Waals surface area contributed by atoms with Crippen molar-refractivity contribution in [3.63, 3.8) is 0 Å². The molecule has 1 aliphatic rings. The summed E-state index contributed by atoms with van der Waals surface area (Å²) in [6.45, 7) is 1.49. The molecule has 0 saturated heterocycles. The number of fused-ring (bicyclic) bond motifs is 1. The molecule has 0 radical (unpaired) electrons. The van der Waals surface area contributed by atoms with Gasteiger partial charge in [0.15, 0.2) is 6.10 Å². The first-order valence-corrected chi connectivity index (χ1v) is 9.27. The van der Waals surface area contributed by atoms with E-state index in [1.807, 2.05) is 0 Å². The number of thiophene rings is 1. The lowest BCUT2D eigenvalue weighted by Crippen LogP contribution is -2.30. The minimum Gasteiger partial charge on any atom is -0.449 e. The van der Waals surface area contributed by atoms with Gasteiger partial charge in [0, 0.05) is 10.3 Å². The van der Waals surface area contributed by atoms with Crippen LogP contribution in [-0.2, 0) is 22.4 Å². The van der Waals surface area contributed by atoms with Gasteiger partial charge in [0.25, 0.3) is 5.91 Å². The van der Waals surface area contributed by atoms with Gasteiger partial charge in [0.2, 0.25) is 0 Å². The van der Waals surface area contributed by atoms with Gasteiger partial charge < -0.3 is 10.1 Å². The summed E-state index contributed by atoms with van der Waals surface area (Å²) in [5.74, 6) is -1.51. The Morgan fingerprint density at radius 2 is 2.08 bits per heavy atom. The second kappa shape index (κ2) is 7.54. The molecule has 0 fully saturated rings. The van der Waals surface area contributed by atoms with E-state index in [1.54, 1.807) is 16.7 Å². The van der Waals surface area contributed by atoms with Gasteiger partial charge in [0.1, 0.15) is 5.82 Å². The molecular weight excluding hydrogens is 365 g/mol. The van der Waals surface area contributed by atoms with Crippen molar-refractivity contribution < 1.29 is 18.7 Å². The maximum Gasteiger partial charge on any atom is 0.340 e. The summed E-state index contributed by atoms with van der Waals surface area (Å²) >= 11 is 7.45.